The van der Waals surface area contributed by atoms with Crippen LogP contribution in [-0.2, 0) is 10.2 Å². The highest BCUT2D eigenvalue weighted by Gasteiger charge is 2.28. The molecule has 5 nitrogen and oxygen atoms in total. The Kier molecular flexibility index (Phi) is 5.36. The van der Waals surface area contributed by atoms with Gasteiger partial charge in [0.1, 0.15) is 5.60 Å². The predicted molar refractivity (Wildman–Crippen MR) is 79.9 cm³/mol. The number of hydrogen-bond donors (Lipinski definition) is 2. The Labute approximate surface area is 124 Å². The lowest BCUT2D eigenvalue weighted by atomic mass is 9.86. The van der Waals surface area contributed by atoms with Crippen molar-refractivity contribution in [3.05, 3.63) is 29.0 Å². The van der Waals surface area contributed by atoms with Crippen molar-refractivity contribution < 1.29 is 9.53 Å². The molecule has 1 amide bonds. The third-order valence-electron chi connectivity index (χ3n) is 2.82. The third kappa shape index (κ3) is 4.98. The number of hydrogen-bond acceptors (Lipinski definition) is 4. The molecule has 6 heteroatoms. The smallest absolute Gasteiger partial charge is 0.407 e. The van der Waals surface area contributed by atoms with Crippen molar-refractivity contribution in [3.8, 4) is 0 Å². The van der Waals surface area contributed by atoms with Gasteiger partial charge >= 0.3 is 6.09 Å². The molecule has 0 saturated heterocycles. The van der Waals surface area contributed by atoms with Gasteiger partial charge in [0.15, 0.2) is 0 Å². The van der Waals surface area contributed by atoms with Crippen LogP contribution in [0.25, 0.3) is 0 Å². The fourth-order valence-electron chi connectivity index (χ4n) is 1.58. The number of nitrogens with two attached hydrogens (primary N) is 1. The largest absolute Gasteiger partial charge is 0.444 e. The maximum Gasteiger partial charge on any atom is 0.407 e. The molecule has 0 aliphatic carbocycles. The molecule has 1 unspecified atom stereocenters. The first kappa shape index (κ1) is 16.7. The lowest BCUT2D eigenvalue weighted by Gasteiger charge is -2.28. The van der Waals surface area contributed by atoms with Crippen LogP contribution in [0, 0.1) is 0 Å². The summed E-state index contributed by atoms with van der Waals surface area (Å²) in [5.74, 6) is 0. The maximum absolute atomic E-state index is 11.7. The van der Waals surface area contributed by atoms with E-state index < -0.39 is 17.1 Å². The van der Waals surface area contributed by atoms with Gasteiger partial charge in [-0.25, -0.2) is 4.79 Å². The number of ether oxygens (including phenoxy) is 1. The maximum atomic E-state index is 11.7. The lowest BCUT2D eigenvalue weighted by molar-refractivity contribution is 0.0516. The van der Waals surface area contributed by atoms with Gasteiger partial charge in [0.2, 0.25) is 0 Å². The molecule has 1 rings (SSSR count). The summed E-state index contributed by atoms with van der Waals surface area (Å²) in [6.45, 7) is 8.06. The van der Waals surface area contributed by atoms with Crippen LogP contribution in [0.5, 0.6) is 0 Å². The highest BCUT2D eigenvalue weighted by Crippen LogP contribution is 2.21. The first-order valence-corrected chi connectivity index (χ1v) is 6.83. The van der Waals surface area contributed by atoms with Crippen LogP contribution < -0.4 is 11.1 Å². The number of amides is 1. The van der Waals surface area contributed by atoms with Gasteiger partial charge in [-0.2, -0.15) is 0 Å². The monoisotopic (exact) mass is 299 g/mol. The van der Waals surface area contributed by atoms with Gasteiger partial charge in [0.05, 0.1) is 5.02 Å². The van der Waals surface area contributed by atoms with Crippen molar-refractivity contribution in [3.63, 3.8) is 0 Å². The Morgan fingerprint density at radius 2 is 2.05 bits per heavy atom. The van der Waals surface area contributed by atoms with E-state index in [2.05, 4.69) is 10.3 Å². The second-order valence-electron chi connectivity index (χ2n) is 5.98. The molecule has 1 atom stereocenters. The lowest BCUT2D eigenvalue weighted by Crippen LogP contribution is -2.45. The average molecular weight is 300 g/mol. The van der Waals surface area contributed by atoms with Gasteiger partial charge in [0, 0.05) is 30.4 Å². The number of carbonyl (C=O) groups is 1. The highest BCUT2D eigenvalue weighted by atomic mass is 35.5. The van der Waals surface area contributed by atoms with E-state index in [1.54, 1.807) is 12.3 Å². The number of pyridine rings is 1. The molecule has 1 aromatic rings. The first-order valence-electron chi connectivity index (χ1n) is 6.45. The zero-order valence-electron chi connectivity index (χ0n) is 12.4. The van der Waals surface area contributed by atoms with Crippen LogP contribution in [-0.4, -0.2) is 29.8 Å². The van der Waals surface area contributed by atoms with Gasteiger partial charge < -0.3 is 15.8 Å². The third-order valence-corrected chi connectivity index (χ3v) is 3.04. The average Bonchev–Trinajstić information content (AvgIpc) is 2.35. The fourth-order valence-corrected chi connectivity index (χ4v) is 1.69. The molecule has 112 valence electrons. The molecule has 1 aromatic heterocycles. The van der Waals surface area contributed by atoms with E-state index in [0.717, 1.165) is 5.69 Å². The number of carbonyl (C=O) groups excluding carboxylic acids is 1. The summed E-state index contributed by atoms with van der Waals surface area (Å²) in [6, 6.07) is 3.57. The molecule has 0 aromatic carbocycles. The molecule has 1 heterocycles. The van der Waals surface area contributed by atoms with E-state index in [1.165, 1.54) is 0 Å². The summed E-state index contributed by atoms with van der Waals surface area (Å²) < 4.78 is 5.20. The summed E-state index contributed by atoms with van der Waals surface area (Å²) >= 11 is 5.82. The molecule has 0 radical (unpaired) electrons. The van der Waals surface area contributed by atoms with E-state index in [-0.39, 0.29) is 0 Å². The number of alkyl carbamates (subject to hydrolysis) is 1. The molecular formula is C14H22ClN3O2. The van der Waals surface area contributed by atoms with E-state index in [9.17, 15) is 4.79 Å². The van der Waals surface area contributed by atoms with Crippen LogP contribution in [0.15, 0.2) is 18.3 Å². The van der Waals surface area contributed by atoms with E-state index in [1.807, 2.05) is 33.8 Å². The van der Waals surface area contributed by atoms with Gasteiger partial charge in [-0.05, 0) is 32.9 Å². The van der Waals surface area contributed by atoms with Crippen molar-refractivity contribution in [2.75, 3.05) is 13.1 Å². The van der Waals surface area contributed by atoms with Crippen LogP contribution in [0.2, 0.25) is 5.02 Å². The van der Waals surface area contributed by atoms with E-state index in [4.69, 9.17) is 22.1 Å². The van der Waals surface area contributed by atoms with Crippen LogP contribution in [0.1, 0.15) is 33.4 Å². The van der Waals surface area contributed by atoms with Crippen LogP contribution in [0.3, 0.4) is 0 Å². The molecule has 0 bridgehead atoms. The molecule has 20 heavy (non-hydrogen) atoms. The molecule has 3 N–H and O–H groups in total. The van der Waals surface area contributed by atoms with Crippen molar-refractivity contribution in [2.45, 2.75) is 38.7 Å². The van der Waals surface area contributed by atoms with Crippen molar-refractivity contribution in [1.29, 1.82) is 0 Å². The minimum absolute atomic E-state index is 0.340. The Hall–Kier alpha value is -1.33. The number of nitrogens with zero attached hydrogens (tertiary/aromatic N) is 1. The zero-order valence-corrected chi connectivity index (χ0v) is 13.1. The van der Waals surface area contributed by atoms with Crippen LogP contribution >= 0.6 is 11.6 Å². The van der Waals surface area contributed by atoms with Gasteiger partial charge in [0.25, 0.3) is 0 Å². The summed E-state index contributed by atoms with van der Waals surface area (Å²) in [7, 11) is 0. The van der Waals surface area contributed by atoms with Crippen molar-refractivity contribution in [2.24, 2.45) is 5.73 Å². The van der Waals surface area contributed by atoms with Crippen molar-refractivity contribution in [1.82, 2.24) is 10.3 Å². The topological polar surface area (TPSA) is 77.2 Å². The highest BCUT2D eigenvalue weighted by molar-refractivity contribution is 6.30. The molecule has 0 spiro atoms. The predicted octanol–water partition coefficient (Wildman–Crippen LogP) is 2.48. The molecule has 0 aliphatic heterocycles. The fraction of sp³-hybridized carbons (Fsp3) is 0.571. The van der Waals surface area contributed by atoms with Crippen molar-refractivity contribution >= 4 is 17.7 Å². The molecule has 0 saturated carbocycles. The van der Waals surface area contributed by atoms with Gasteiger partial charge in [-0.3, -0.25) is 4.98 Å². The Balaban J connectivity index is 2.71. The summed E-state index contributed by atoms with van der Waals surface area (Å²) in [6.07, 6.45) is 1.10. The van der Waals surface area contributed by atoms with Crippen LogP contribution in [0.4, 0.5) is 4.79 Å². The Morgan fingerprint density at radius 1 is 1.40 bits per heavy atom. The molecular weight excluding hydrogens is 278 g/mol. The van der Waals surface area contributed by atoms with E-state index in [0.29, 0.717) is 18.1 Å². The SMILES string of the molecule is CC(C)(C)OC(=O)NCC(C)(CN)c1ccc(Cl)cn1. The van der Waals surface area contributed by atoms with Gasteiger partial charge in [-0.15, -0.1) is 0 Å². The van der Waals surface area contributed by atoms with Gasteiger partial charge in [-0.1, -0.05) is 18.5 Å². The Bertz CT molecular complexity index is 456. The number of rotatable bonds is 4. The normalized spacial score (nSPS) is 14.5. The second kappa shape index (κ2) is 6.41. The standard InChI is InChI=1S/C14H22ClN3O2/c1-13(2,3)20-12(19)18-9-14(4,8-16)11-6-5-10(15)7-17-11/h5-7H,8-9,16H2,1-4H3,(H,18,19). The quantitative estimate of drug-likeness (QED) is 0.895. The number of nitrogens with one attached hydrogen (secondary N) is 1. The second-order valence-corrected chi connectivity index (χ2v) is 6.42. The number of aromatic nitrogens is 1. The summed E-state index contributed by atoms with van der Waals surface area (Å²) in [4.78, 5) is 16.0. The number of halogens is 1. The molecule has 0 fully saturated rings. The minimum atomic E-state index is -0.526. The summed E-state index contributed by atoms with van der Waals surface area (Å²) in [5, 5.41) is 3.29. The zero-order chi connectivity index (χ0) is 15.4. The summed E-state index contributed by atoms with van der Waals surface area (Å²) in [5.41, 5.74) is 5.61. The minimum Gasteiger partial charge on any atom is -0.444 e. The first-order chi connectivity index (χ1) is 9.16. The van der Waals surface area contributed by atoms with E-state index >= 15 is 0 Å². The Morgan fingerprint density at radius 3 is 2.50 bits per heavy atom. The molecule has 0 aliphatic rings.